The van der Waals surface area contributed by atoms with Gasteiger partial charge >= 0.3 is 0 Å². The van der Waals surface area contributed by atoms with Crippen LogP contribution in [0.3, 0.4) is 0 Å². The summed E-state index contributed by atoms with van der Waals surface area (Å²) in [5, 5.41) is 5.01. The predicted octanol–water partition coefficient (Wildman–Crippen LogP) is 4.37. The van der Waals surface area contributed by atoms with Gasteiger partial charge in [0.15, 0.2) is 0 Å². The van der Waals surface area contributed by atoms with E-state index < -0.39 is 23.4 Å². The lowest BCUT2D eigenvalue weighted by Gasteiger charge is -2.10. The number of rotatable bonds is 4. The highest BCUT2D eigenvalue weighted by Gasteiger charge is 2.15. The monoisotopic (exact) mass is 356 g/mol. The maximum atomic E-state index is 14.0. The van der Waals surface area contributed by atoms with E-state index in [0.717, 1.165) is 6.07 Å². The molecule has 5 nitrogen and oxygen atoms in total. The number of amides is 2. The highest BCUT2D eigenvalue weighted by Crippen LogP contribution is 2.22. The van der Waals surface area contributed by atoms with E-state index in [1.54, 1.807) is 6.92 Å². The summed E-state index contributed by atoms with van der Waals surface area (Å²) in [7, 11) is 0. The summed E-state index contributed by atoms with van der Waals surface area (Å²) in [6.45, 7) is 1.62. The first kappa shape index (κ1) is 17.3. The molecule has 0 radical (unpaired) electrons. The molecule has 1 heterocycles. The van der Waals surface area contributed by atoms with Crippen molar-refractivity contribution in [3.63, 3.8) is 0 Å². The largest absolute Gasteiger partial charge is 0.469 e. The smallest absolute Gasteiger partial charge is 0.259 e. The van der Waals surface area contributed by atoms with Crippen molar-refractivity contribution in [1.29, 1.82) is 0 Å². The van der Waals surface area contributed by atoms with E-state index in [9.17, 15) is 18.4 Å². The quantitative estimate of drug-likeness (QED) is 0.729. The summed E-state index contributed by atoms with van der Waals surface area (Å²) >= 11 is 0. The van der Waals surface area contributed by atoms with Crippen molar-refractivity contribution in [2.75, 3.05) is 10.6 Å². The first-order valence-electron chi connectivity index (χ1n) is 7.66. The molecule has 2 N–H and O–H groups in total. The predicted molar refractivity (Wildman–Crippen MR) is 92.2 cm³/mol. The number of anilines is 2. The zero-order valence-electron chi connectivity index (χ0n) is 13.7. The second kappa shape index (κ2) is 7.18. The van der Waals surface area contributed by atoms with E-state index in [2.05, 4.69) is 10.6 Å². The molecule has 0 aliphatic rings. The average Bonchev–Trinajstić information content (AvgIpc) is 3.04. The lowest BCUT2D eigenvalue weighted by molar-refractivity contribution is 0.101. The van der Waals surface area contributed by atoms with Gasteiger partial charge in [0.2, 0.25) is 0 Å². The Bertz CT molecular complexity index is 965. The van der Waals surface area contributed by atoms with Crippen molar-refractivity contribution in [2.24, 2.45) is 0 Å². The van der Waals surface area contributed by atoms with E-state index in [4.69, 9.17) is 4.42 Å². The third kappa shape index (κ3) is 3.77. The molecule has 0 spiro atoms. The fourth-order valence-corrected chi connectivity index (χ4v) is 2.31. The van der Waals surface area contributed by atoms with Crippen molar-refractivity contribution in [1.82, 2.24) is 0 Å². The van der Waals surface area contributed by atoms with E-state index in [-0.39, 0.29) is 22.5 Å². The lowest BCUT2D eigenvalue weighted by Crippen LogP contribution is -2.15. The number of aryl methyl sites for hydroxylation is 1. The molecule has 7 heteroatoms. The minimum absolute atomic E-state index is 0.0903. The van der Waals surface area contributed by atoms with E-state index in [0.29, 0.717) is 5.76 Å². The molecular weight excluding hydrogens is 342 g/mol. The number of carbonyl (C=O) groups excluding carboxylic acids is 2. The van der Waals surface area contributed by atoms with Gasteiger partial charge < -0.3 is 15.1 Å². The third-order valence-electron chi connectivity index (χ3n) is 3.68. The molecule has 2 amide bonds. The van der Waals surface area contributed by atoms with Crippen molar-refractivity contribution >= 4 is 23.2 Å². The Balaban J connectivity index is 1.77. The Hall–Kier alpha value is -3.48. The molecule has 1 aromatic heterocycles. The van der Waals surface area contributed by atoms with Gasteiger partial charge in [-0.25, -0.2) is 8.78 Å². The van der Waals surface area contributed by atoms with Gasteiger partial charge in [0.05, 0.1) is 17.5 Å². The first-order valence-corrected chi connectivity index (χ1v) is 7.66. The van der Waals surface area contributed by atoms with Gasteiger partial charge in [0, 0.05) is 11.3 Å². The fourth-order valence-electron chi connectivity index (χ4n) is 2.31. The summed E-state index contributed by atoms with van der Waals surface area (Å²) in [6, 6.07) is 10.2. The zero-order chi connectivity index (χ0) is 18.7. The van der Waals surface area contributed by atoms with Gasteiger partial charge in [-0.2, -0.15) is 0 Å². The summed E-state index contributed by atoms with van der Waals surface area (Å²) in [4.78, 5) is 24.3. The number of nitrogens with one attached hydrogen (secondary N) is 2. The molecule has 0 unspecified atom stereocenters. The van der Waals surface area contributed by atoms with Crippen molar-refractivity contribution in [2.45, 2.75) is 6.92 Å². The molecule has 0 saturated heterocycles. The zero-order valence-corrected chi connectivity index (χ0v) is 13.7. The van der Waals surface area contributed by atoms with Crippen molar-refractivity contribution in [3.8, 4) is 0 Å². The van der Waals surface area contributed by atoms with Gasteiger partial charge in [-0.1, -0.05) is 0 Å². The van der Waals surface area contributed by atoms with E-state index in [1.165, 1.54) is 48.7 Å². The standard InChI is InChI=1S/C19H14F2N2O3/c1-11-15(8-9-26-11)19(25)23-17-10-14(6-7-16(17)21)22-18(24)12-2-4-13(20)5-3-12/h2-10H,1H3,(H,22,24)(H,23,25). The molecule has 132 valence electrons. The Kier molecular flexibility index (Phi) is 4.79. The van der Waals surface area contributed by atoms with Crippen LogP contribution in [0.25, 0.3) is 0 Å². The number of carbonyl (C=O) groups is 2. The highest BCUT2D eigenvalue weighted by atomic mass is 19.1. The van der Waals surface area contributed by atoms with Crippen LogP contribution in [0.2, 0.25) is 0 Å². The van der Waals surface area contributed by atoms with E-state index in [1.807, 2.05) is 0 Å². The average molecular weight is 356 g/mol. The Labute approximate surface area is 147 Å². The normalized spacial score (nSPS) is 10.4. The lowest BCUT2D eigenvalue weighted by atomic mass is 10.2. The fraction of sp³-hybridized carbons (Fsp3) is 0.0526. The molecule has 3 aromatic rings. The molecule has 0 aliphatic carbocycles. The first-order chi connectivity index (χ1) is 12.4. The number of hydrogen-bond donors (Lipinski definition) is 2. The molecule has 0 aliphatic heterocycles. The summed E-state index contributed by atoms with van der Waals surface area (Å²) < 4.78 is 32.0. The second-order valence-corrected chi connectivity index (χ2v) is 5.50. The number of halogens is 2. The molecule has 0 bridgehead atoms. The van der Waals surface area contributed by atoms with E-state index >= 15 is 0 Å². The van der Waals surface area contributed by atoms with Crippen molar-refractivity contribution < 1.29 is 22.8 Å². The molecule has 26 heavy (non-hydrogen) atoms. The van der Waals surface area contributed by atoms with Crippen LogP contribution in [0, 0.1) is 18.6 Å². The topological polar surface area (TPSA) is 71.3 Å². The Morgan fingerprint density at radius 1 is 0.923 bits per heavy atom. The van der Waals surface area contributed by atoms with Crippen LogP contribution in [0.1, 0.15) is 26.5 Å². The molecule has 2 aromatic carbocycles. The van der Waals surface area contributed by atoms with Crippen LogP contribution in [-0.2, 0) is 0 Å². The minimum Gasteiger partial charge on any atom is -0.469 e. The van der Waals surface area contributed by atoms with Crippen LogP contribution >= 0.6 is 0 Å². The highest BCUT2D eigenvalue weighted by molar-refractivity contribution is 6.06. The second-order valence-electron chi connectivity index (χ2n) is 5.50. The van der Waals surface area contributed by atoms with Gasteiger partial charge in [0.25, 0.3) is 11.8 Å². The van der Waals surface area contributed by atoms with Crippen LogP contribution < -0.4 is 10.6 Å². The number of benzene rings is 2. The third-order valence-corrected chi connectivity index (χ3v) is 3.68. The van der Waals surface area contributed by atoms with Gasteiger partial charge in [-0.05, 0) is 55.5 Å². The van der Waals surface area contributed by atoms with Crippen LogP contribution in [0.15, 0.2) is 59.2 Å². The summed E-state index contributed by atoms with van der Waals surface area (Å²) in [5.74, 6) is -1.72. The molecule has 3 rings (SSSR count). The maximum absolute atomic E-state index is 14.0. The molecule has 0 saturated carbocycles. The SMILES string of the molecule is Cc1occc1C(=O)Nc1cc(NC(=O)c2ccc(F)cc2)ccc1F. The summed E-state index contributed by atoms with van der Waals surface area (Å²) in [5.41, 5.74) is 0.716. The van der Waals surface area contributed by atoms with Crippen molar-refractivity contribution in [3.05, 3.63) is 83.3 Å². The van der Waals surface area contributed by atoms with Crippen LogP contribution in [0.5, 0.6) is 0 Å². The Morgan fingerprint density at radius 2 is 1.65 bits per heavy atom. The molecule has 0 fully saturated rings. The maximum Gasteiger partial charge on any atom is 0.259 e. The Morgan fingerprint density at radius 3 is 2.31 bits per heavy atom. The number of furan rings is 1. The van der Waals surface area contributed by atoms with Gasteiger partial charge in [-0.3, -0.25) is 9.59 Å². The molecule has 0 atom stereocenters. The minimum atomic E-state index is -0.653. The number of hydrogen-bond acceptors (Lipinski definition) is 3. The van der Waals surface area contributed by atoms with Gasteiger partial charge in [0.1, 0.15) is 17.4 Å². The molecular formula is C19H14F2N2O3. The van der Waals surface area contributed by atoms with Crippen LogP contribution in [0.4, 0.5) is 20.2 Å². The summed E-state index contributed by atoms with van der Waals surface area (Å²) in [6.07, 6.45) is 1.36. The van der Waals surface area contributed by atoms with Crippen LogP contribution in [-0.4, -0.2) is 11.8 Å². The van der Waals surface area contributed by atoms with Gasteiger partial charge in [-0.15, -0.1) is 0 Å².